The van der Waals surface area contributed by atoms with Gasteiger partial charge in [0.25, 0.3) is 5.91 Å². The maximum absolute atomic E-state index is 13.2. The van der Waals surface area contributed by atoms with E-state index < -0.39 is 0 Å². The molecule has 0 saturated carbocycles. The van der Waals surface area contributed by atoms with Crippen LogP contribution in [0.1, 0.15) is 47.4 Å². The molecule has 1 saturated heterocycles. The molecule has 158 valence electrons. The number of rotatable bonds is 5. The first-order chi connectivity index (χ1) is 14.6. The van der Waals surface area contributed by atoms with Gasteiger partial charge in [-0.25, -0.2) is 0 Å². The van der Waals surface area contributed by atoms with Crippen LogP contribution < -0.4 is 10.1 Å². The van der Waals surface area contributed by atoms with E-state index in [1.807, 2.05) is 0 Å². The monoisotopic (exact) mass is 408 g/mol. The molecule has 0 atom stereocenters. The van der Waals surface area contributed by atoms with E-state index >= 15 is 0 Å². The molecular weight excluding hydrogens is 380 g/mol. The topological polar surface area (TPSA) is 74.9 Å². The second-order valence-electron chi connectivity index (χ2n) is 7.84. The van der Waals surface area contributed by atoms with Crippen LogP contribution in [-0.4, -0.2) is 36.1 Å². The van der Waals surface area contributed by atoms with Crippen molar-refractivity contribution in [3.05, 3.63) is 53.3 Å². The number of phenols is 1. The molecule has 1 amide bonds. The predicted octanol–water partition coefficient (Wildman–Crippen LogP) is 5.08. The lowest BCUT2D eigenvalue weighted by Crippen LogP contribution is -2.24. The molecule has 4 rings (SSSR count). The summed E-state index contributed by atoms with van der Waals surface area (Å²) in [5, 5.41) is 14.3. The van der Waals surface area contributed by atoms with Gasteiger partial charge >= 0.3 is 0 Å². The second-order valence-corrected chi connectivity index (χ2v) is 7.84. The molecule has 0 bridgehead atoms. The van der Waals surface area contributed by atoms with Gasteiger partial charge in [0.05, 0.1) is 12.7 Å². The first-order valence-corrected chi connectivity index (χ1v) is 10.5. The van der Waals surface area contributed by atoms with Gasteiger partial charge in [0.2, 0.25) is 0 Å². The summed E-state index contributed by atoms with van der Waals surface area (Å²) >= 11 is 0. The predicted molar refractivity (Wildman–Crippen MR) is 117 cm³/mol. The van der Waals surface area contributed by atoms with Crippen LogP contribution in [-0.2, 0) is 6.54 Å². The molecule has 2 aromatic carbocycles. The first kappa shape index (κ1) is 20.3. The van der Waals surface area contributed by atoms with Crippen molar-refractivity contribution in [3.63, 3.8) is 0 Å². The van der Waals surface area contributed by atoms with Gasteiger partial charge in [-0.05, 0) is 69.3 Å². The van der Waals surface area contributed by atoms with Gasteiger partial charge in [-0.1, -0.05) is 12.8 Å². The maximum Gasteiger partial charge on any atom is 0.259 e. The van der Waals surface area contributed by atoms with Crippen LogP contribution in [0.2, 0.25) is 0 Å². The zero-order valence-electron chi connectivity index (χ0n) is 17.5. The highest BCUT2D eigenvalue weighted by molar-refractivity contribution is 6.14. The van der Waals surface area contributed by atoms with Gasteiger partial charge in [0, 0.05) is 23.2 Å². The fraction of sp³-hybridized carbons (Fsp3) is 0.375. The number of fused-ring (bicyclic) bond motifs is 1. The number of aromatic hydroxyl groups is 1. The molecule has 1 fully saturated rings. The number of ether oxygens (including phenoxy) is 1. The van der Waals surface area contributed by atoms with Crippen molar-refractivity contribution in [1.82, 2.24) is 4.90 Å². The van der Waals surface area contributed by atoms with Gasteiger partial charge < -0.3 is 19.6 Å². The van der Waals surface area contributed by atoms with Gasteiger partial charge in [-0.3, -0.25) is 9.69 Å². The molecular formula is C24H28N2O4. The largest absolute Gasteiger partial charge is 0.508 e. The highest BCUT2D eigenvalue weighted by Gasteiger charge is 2.24. The summed E-state index contributed by atoms with van der Waals surface area (Å²) in [6, 6.07) is 10.6. The minimum Gasteiger partial charge on any atom is -0.508 e. The van der Waals surface area contributed by atoms with E-state index in [1.165, 1.54) is 12.8 Å². The number of aryl methyl sites for hydroxylation is 1. The zero-order valence-corrected chi connectivity index (χ0v) is 17.5. The summed E-state index contributed by atoms with van der Waals surface area (Å²) in [7, 11) is 1.60. The molecule has 0 aliphatic carbocycles. The van der Waals surface area contributed by atoms with Gasteiger partial charge in [-0.15, -0.1) is 0 Å². The summed E-state index contributed by atoms with van der Waals surface area (Å²) in [5.41, 5.74) is 2.52. The normalized spacial score (nSPS) is 15.1. The molecule has 0 radical (unpaired) electrons. The number of hydrogen-bond donors (Lipinski definition) is 2. The van der Waals surface area contributed by atoms with Crippen molar-refractivity contribution < 1.29 is 19.1 Å². The van der Waals surface area contributed by atoms with Crippen LogP contribution >= 0.6 is 0 Å². The number of anilines is 1. The average molecular weight is 408 g/mol. The van der Waals surface area contributed by atoms with Crippen molar-refractivity contribution in [2.45, 2.75) is 39.2 Å². The summed E-state index contributed by atoms with van der Waals surface area (Å²) in [4.78, 5) is 15.5. The van der Waals surface area contributed by atoms with Crippen molar-refractivity contribution >= 4 is 22.6 Å². The molecule has 0 unspecified atom stereocenters. The summed E-state index contributed by atoms with van der Waals surface area (Å²) in [6.45, 7) is 4.39. The van der Waals surface area contributed by atoms with Crippen LogP contribution in [0.4, 0.5) is 5.69 Å². The Hall–Kier alpha value is -2.99. The van der Waals surface area contributed by atoms with Crippen LogP contribution in [0.15, 0.2) is 40.8 Å². The van der Waals surface area contributed by atoms with Gasteiger partial charge in [-0.2, -0.15) is 0 Å². The third kappa shape index (κ3) is 4.14. The van der Waals surface area contributed by atoms with Crippen molar-refractivity contribution in [2.75, 3.05) is 25.5 Å². The molecule has 1 aliphatic rings. The summed E-state index contributed by atoms with van der Waals surface area (Å²) < 4.78 is 11.1. The Balaban J connectivity index is 1.69. The molecule has 30 heavy (non-hydrogen) atoms. The molecule has 0 spiro atoms. The molecule has 3 aromatic rings. The van der Waals surface area contributed by atoms with E-state index in [2.05, 4.69) is 10.2 Å². The highest BCUT2D eigenvalue weighted by Crippen LogP contribution is 2.35. The van der Waals surface area contributed by atoms with Gasteiger partial charge in [0.15, 0.2) is 0 Å². The van der Waals surface area contributed by atoms with Crippen molar-refractivity contribution in [2.24, 2.45) is 0 Å². The van der Waals surface area contributed by atoms with E-state index in [9.17, 15) is 9.90 Å². The maximum atomic E-state index is 13.2. The molecule has 6 heteroatoms. The average Bonchev–Trinajstić information content (AvgIpc) is 2.90. The number of carbonyl (C=O) groups is 1. The van der Waals surface area contributed by atoms with Crippen LogP contribution in [0.25, 0.3) is 11.0 Å². The summed E-state index contributed by atoms with van der Waals surface area (Å²) in [5.74, 6) is 1.21. The van der Waals surface area contributed by atoms with E-state index in [0.29, 0.717) is 34.5 Å². The lowest BCUT2D eigenvalue weighted by atomic mass is 10.0. The Kier molecular flexibility index (Phi) is 5.95. The standard InChI is InChI=1S/C24H28N2O4/c1-16-22(24(28)25-17-7-9-18(29-2)10-8-17)23-19(20(27)11-12-21(23)30-16)15-26-13-5-3-4-6-14-26/h7-12,27H,3-6,13-15H2,1-2H3,(H,25,28). The fourth-order valence-corrected chi connectivity index (χ4v) is 4.19. The number of nitrogens with zero attached hydrogens (tertiary/aromatic N) is 1. The lowest BCUT2D eigenvalue weighted by Gasteiger charge is -2.21. The number of benzene rings is 2. The number of amides is 1. The number of carbonyl (C=O) groups excluding carboxylic acids is 1. The highest BCUT2D eigenvalue weighted by atomic mass is 16.5. The molecule has 6 nitrogen and oxygen atoms in total. The van der Waals surface area contributed by atoms with Crippen LogP contribution in [0.5, 0.6) is 11.5 Å². The smallest absolute Gasteiger partial charge is 0.259 e. The molecule has 2 N–H and O–H groups in total. The molecule has 2 heterocycles. The summed E-state index contributed by atoms with van der Waals surface area (Å²) in [6.07, 6.45) is 4.80. The third-order valence-electron chi connectivity index (χ3n) is 5.77. The number of hydrogen-bond acceptors (Lipinski definition) is 5. The van der Waals surface area contributed by atoms with Crippen LogP contribution in [0.3, 0.4) is 0 Å². The quantitative estimate of drug-likeness (QED) is 0.615. The molecule has 1 aliphatic heterocycles. The van der Waals surface area contributed by atoms with E-state index in [1.54, 1.807) is 50.4 Å². The van der Waals surface area contributed by atoms with Crippen LogP contribution in [0, 0.1) is 6.92 Å². The van der Waals surface area contributed by atoms with E-state index in [0.717, 1.165) is 37.2 Å². The lowest BCUT2D eigenvalue weighted by molar-refractivity contribution is 0.102. The van der Waals surface area contributed by atoms with E-state index in [-0.39, 0.29) is 11.7 Å². The Bertz CT molecular complexity index is 1030. The third-order valence-corrected chi connectivity index (χ3v) is 5.77. The van der Waals surface area contributed by atoms with Gasteiger partial charge in [0.1, 0.15) is 22.8 Å². The number of furan rings is 1. The minimum atomic E-state index is -0.251. The van der Waals surface area contributed by atoms with Crippen molar-refractivity contribution in [3.8, 4) is 11.5 Å². The first-order valence-electron chi connectivity index (χ1n) is 10.5. The number of phenolic OH excluding ortho intramolecular Hbond substituents is 1. The Labute approximate surface area is 176 Å². The SMILES string of the molecule is COc1ccc(NC(=O)c2c(C)oc3ccc(O)c(CN4CCCCCC4)c23)cc1. The Morgan fingerprint density at radius 2 is 1.80 bits per heavy atom. The van der Waals surface area contributed by atoms with E-state index in [4.69, 9.17) is 9.15 Å². The fourth-order valence-electron chi connectivity index (χ4n) is 4.19. The van der Waals surface area contributed by atoms with Crippen molar-refractivity contribution in [1.29, 1.82) is 0 Å². The Morgan fingerprint density at radius 3 is 2.47 bits per heavy atom. The number of likely N-dealkylation sites (tertiary alicyclic amines) is 1. The number of nitrogens with one attached hydrogen (secondary N) is 1. The Morgan fingerprint density at radius 1 is 1.10 bits per heavy atom. The minimum absolute atomic E-state index is 0.200. The zero-order chi connectivity index (χ0) is 21.1. The second kappa shape index (κ2) is 8.79. The number of methoxy groups -OCH3 is 1. The molecule has 1 aromatic heterocycles.